The second-order valence-electron chi connectivity index (χ2n) is 12.4. The second kappa shape index (κ2) is 11.6. The topological polar surface area (TPSA) is 84.7 Å². The summed E-state index contributed by atoms with van der Waals surface area (Å²) in [5.41, 5.74) is 2.02. The quantitative estimate of drug-likeness (QED) is 0.317. The lowest BCUT2D eigenvalue weighted by Crippen LogP contribution is -2.43. The second-order valence-corrected chi connectivity index (χ2v) is 12.4. The van der Waals surface area contributed by atoms with Crippen LogP contribution in [-0.4, -0.2) is 67.9 Å². The number of rotatable bonds is 6. The van der Waals surface area contributed by atoms with Crippen LogP contribution in [0, 0.1) is 18.7 Å². The molecule has 0 atom stereocenters. The molecule has 0 aliphatic carbocycles. The van der Waals surface area contributed by atoms with E-state index in [0.29, 0.717) is 48.4 Å². The van der Waals surface area contributed by atoms with Gasteiger partial charge in [-0.25, -0.2) is 9.18 Å². The van der Waals surface area contributed by atoms with Gasteiger partial charge in [-0.15, -0.1) is 0 Å². The highest BCUT2D eigenvalue weighted by atomic mass is 19.1. The van der Waals surface area contributed by atoms with Crippen LogP contribution in [0.4, 0.5) is 9.18 Å². The van der Waals surface area contributed by atoms with E-state index in [1.54, 1.807) is 34.3 Å². The number of ether oxygens (including phenoxy) is 1. The van der Waals surface area contributed by atoms with E-state index in [1.807, 2.05) is 60.0 Å². The number of pyridine rings is 1. The number of hydrogen-bond acceptors (Lipinski definition) is 5. The molecule has 0 N–H and O–H groups in total. The molecule has 0 radical (unpaired) electrons. The number of benzene rings is 1. The molecule has 1 saturated heterocycles. The summed E-state index contributed by atoms with van der Waals surface area (Å²) in [6, 6.07) is 5.82. The maximum atomic E-state index is 14.6. The molecule has 9 heteroatoms. The van der Waals surface area contributed by atoms with Crippen molar-refractivity contribution in [1.82, 2.24) is 19.4 Å². The van der Waals surface area contributed by atoms with Crippen LogP contribution in [0.5, 0.6) is 0 Å². The molecule has 1 aliphatic heterocycles. The lowest BCUT2D eigenvalue weighted by molar-refractivity contribution is 0.0182. The van der Waals surface area contributed by atoms with Gasteiger partial charge in [0.2, 0.25) is 0 Å². The van der Waals surface area contributed by atoms with E-state index in [2.05, 4.69) is 4.98 Å². The third-order valence-corrected chi connectivity index (χ3v) is 7.55. The number of nitrogens with zero attached hydrogens (tertiary/aromatic N) is 4. The van der Waals surface area contributed by atoms with Crippen molar-refractivity contribution < 1.29 is 23.5 Å². The molecular weight excluding hydrogens is 523 g/mol. The van der Waals surface area contributed by atoms with E-state index in [1.165, 1.54) is 12.1 Å². The summed E-state index contributed by atoms with van der Waals surface area (Å²) in [5, 5.41) is 0.726. The van der Waals surface area contributed by atoms with Crippen molar-refractivity contribution in [3.63, 3.8) is 0 Å². The van der Waals surface area contributed by atoms with Gasteiger partial charge in [0, 0.05) is 53.9 Å². The minimum atomic E-state index is -0.585. The summed E-state index contributed by atoms with van der Waals surface area (Å²) in [5.74, 6) is -1.07. The van der Waals surface area contributed by atoms with Crippen molar-refractivity contribution >= 4 is 28.7 Å². The molecule has 1 aromatic carbocycles. The number of fused-ring (bicyclic) bond motifs is 1. The highest BCUT2D eigenvalue weighted by molar-refractivity contribution is 6.11. The van der Waals surface area contributed by atoms with Crippen molar-refractivity contribution in [3.05, 3.63) is 59.3 Å². The number of halogens is 1. The standard InChI is InChI=1S/C32H41FN4O4/c1-19(2)36(20(3)4)30(39)25-17-23(33)9-10-26(25)37-21(5)28(24-11-14-34-18-27(24)37)29(38)22-12-15-35(16-13-22)31(40)41-32(6,7)8/h9-11,14,17-20,22H,12-13,15-16H2,1-8H3. The Morgan fingerprint density at radius 3 is 2.27 bits per heavy atom. The Hall–Kier alpha value is -3.75. The predicted molar refractivity (Wildman–Crippen MR) is 157 cm³/mol. The van der Waals surface area contributed by atoms with Crippen molar-refractivity contribution in [1.29, 1.82) is 0 Å². The maximum Gasteiger partial charge on any atom is 0.410 e. The predicted octanol–water partition coefficient (Wildman–Crippen LogP) is 6.56. The molecule has 2 amide bonds. The first-order valence-corrected chi connectivity index (χ1v) is 14.3. The fourth-order valence-corrected chi connectivity index (χ4v) is 5.82. The van der Waals surface area contributed by atoms with Crippen molar-refractivity contribution in [2.75, 3.05) is 13.1 Å². The molecule has 0 bridgehead atoms. The third kappa shape index (κ3) is 6.14. The molecule has 220 valence electrons. The molecule has 3 aromatic rings. The Morgan fingerprint density at radius 1 is 1.05 bits per heavy atom. The Labute approximate surface area is 241 Å². The number of amides is 2. The van der Waals surface area contributed by atoms with Gasteiger partial charge in [0.25, 0.3) is 5.91 Å². The SMILES string of the molecule is Cc1c(C(=O)C2CCN(C(=O)OC(C)(C)C)CC2)c2ccncc2n1-c1ccc(F)cc1C(=O)N(C(C)C)C(C)C. The number of Topliss-reactive ketones (excluding diaryl/α,β-unsaturated/α-hetero) is 1. The number of hydrogen-bond donors (Lipinski definition) is 0. The lowest BCUT2D eigenvalue weighted by atomic mass is 9.88. The van der Waals surface area contributed by atoms with Crippen molar-refractivity contribution in [2.24, 2.45) is 5.92 Å². The first-order chi connectivity index (χ1) is 19.2. The van der Waals surface area contributed by atoms with E-state index >= 15 is 0 Å². The first kappa shape index (κ1) is 30.2. The molecule has 8 nitrogen and oxygen atoms in total. The molecule has 3 heterocycles. The van der Waals surface area contributed by atoms with E-state index in [-0.39, 0.29) is 41.3 Å². The highest BCUT2D eigenvalue weighted by Crippen LogP contribution is 2.34. The van der Waals surface area contributed by atoms with Crippen LogP contribution in [-0.2, 0) is 4.74 Å². The Balaban J connectivity index is 1.74. The van der Waals surface area contributed by atoms with Gasteiger partial charge in [0.15, 0.2) is 5.78 Å². The van der Waals surface area contributed by atoms with Crippen LogP contribution in [0.25, 0.3) is 16.6 Å². The van der Waals surface area contributed by atoms with Crippen LogP contribution in [0.3, 0.4) is 0 Å². The number of piperidine rings is 1. The van der Waals surface area contributed by atoms with Gasteiger partial charge in [-0.3, -0.25) is 14.6 Å². The van der Waals surface area contributed by atoms with Gasteiger partial charge in [0.1, 0.15) is 11.4 Å². The zero-order valence-corrected chi connectivity index (χ0v) is 25.3. The van der Waals surface area contributed by atoms with E-state index < -0.39 is 11.4 Å². The van der Waals surface area contributed by atoms with Crippen LogP contribution >= 0.6 is 0 Å². The van der Waals surface area contributed by atoms with E-state index in [9.17, 15) is 18.8 Å². The molecule has 0 unspecified atom stereocenters. The normalized spacial score (nSPS) is 14.7. The zero-order valence-electron chi connectivity index (χ0n) is 25.3. The molecule has 1 fully saturated rings. The van der Waals surface area contributed by atoms with Gasteiger partial charge >= 0.3 is 6.09 Å². The summed E-state index contributed by atoms with van der Waals surface area (Å²) in [6.45, 7) is 15.9. The summed E-state index contributed by atoms with van der Waals surface area (Å²) >= 11 is 0. The Morgan fingerprint density at radius 2 is 1.68 bits per heavy atom. The Kier molecular flexibility index (Phi) is 8.57. The monoisotopic (exact) mass is 564 g/mol. The number of carbonyl (C=O) groups is 3. The van der Waals surface area contributed by atoms with Gasteiger partial charge in [-0.2, -0.15) is 0 Å². The molecule has 41 heavy (non-hydrogen) atoms. The van der Waals surface area contributed by atoms with Crippen LogP contribution in [0.2, 0.25) is 0 Å². The number of aromatic nitrogens is 2. The fraction of sp³-hybridized carbons (Fsp3) is 0.500. The number of ketones is 1. The molecule has 0 spiro atoms. The van der Waals surface area contributed by atoms with Crippen molar-refractivity contribution in [2.45, 2.75) is 85.9 Å². The zero-order chi connectivity index (χ0) is 30.2. The number of carbonyl (C=O) groups excluding carboxylic acids is 3. The summed E-state index contributed by atoms with van der Waals surface area (Å²) in [4.78, 5) is 48.1. The van der Waals surface area contributed by atoms with E-state index in [0.717, 1.165) is 5.39 Å². The molecule has 1 aliphatic rings. The van der Waals surface area contributed by atoms with E-state index in [4.69, 9.17) is 4.74 Å². The van der Waals surface area contributed by atoms with Gasteiger partial charge in [0.05, 0.1) is 23.0 Å². The smallest absolute Gasteiger partial charge is 0.410 e. The minimum Gasteiger partial charge on any atom is -0.444 e. The maximum absolute atomic E-state index is 14.6. The third-order valence-electron chi connectivity index (χ3n) is 7.55. The van der Waals surface area contributed by atoms with Crippen LogP contribution in [0.15, 0.2) is 36.7 Å². The summed E-state index contributed by atoms with van der Waals surface area (Å²) in [6.07, 6.45) is 3.99. The van der Waals surface area contributed by atoms with Gasteiger partial charge in [-0.1, -0.05) is 0 Å². The average Bonchev–Trinajstić information content (AvgIpc) is 3.18. The summed E-state index contributed by atoms with van der Waals surface area (Å²) < 4.78 is 21.9. The largest absolute Gasteiger partial charge is 0.444 e. The Bertz CT molecular complexity index is 1450. The number of likely N-dealkylation sites (tertiary alicyclic amines) is 1. The van der Waals surface area contributed by atoms with Crippen LogP contribution in [0.1, 0.15) is 87.7 Å². The summed E-state index contributed by atoms with van der Waals surface area (Å²) in [7, 11) is 0. The highest BCUT2D eigenvalue weighted by Gasteiger charge is 2.34. The van der Waals surface area contributed by atoms with Gasteiger partial charge < -0.3 is 19.1 Å². The average molecular weight is 565 g/mol. The molecule has 4 rings (SSSR count). The lowest BCUT2D eigenvalue weighted by Gasteiger charge is -2.33. The van der Waals surface area contributed by atoms with Crippen LogP contribution < -0.4 is 0 Å². The van der Waals surface area contributed by atoms with Crippen molar-refractivity contribution in [3.8, 4) is 5.69 Å². The molecule has 2 aromatic heterocycles. The molecule has 0 saturated carbocycles. The first-order valence-electron chi connectivity index (χ1n) is 14.3. The van der Waals surface area contributed by atoms with Gasteiger partial charge in [-0.05, 0) is 92.5 Å². The minimum absolute atomic E-state index is 0.0118. The molecular formula is C32H41FN4O4. The fourth-order valence-electron chi connectivity index (χ4n) is 5.82.